The molecule has 1 aromatic rings. The van der Waals surface area contributed by atoms with E-state index in [-0.39, 0.29) is 0 Å². The van der Waals surface area contributed by atoms with Crippen molar-refractivity contribution in [3.8, 4) is 0 Å². The Hall–Kier alpha value is -0.510. The molecule has 0 amide bonds. The van der Waals surface area contributed by atoms with Gasteiger partial charge in [-0.05, 0) is 18.2 Å². The third-order valence-corrected chi connectivity index (χ3v) is 2.26. The summed E-state index contributed by atoms with van der Waals surface area (Å²) in [6, 6.07) is 3.53. The van der Waals surface area contributed by atoms with Crippen LogP contribution in [0.3, 0.4) is 0 Å². The van der Waals surface area contributed by atoms with Gasteiger partial charge < -0.3 is 0 Å². The van der Waals surface area contributed by atoms with Crippen LogP contribution in [0, 0.1) is 5.82 Å². The number of halogens is 4. The van der Waals surface area contributed by atoms with Crippen molar-refractivity contribution in [2.75, 3.05) is 0 Å². The van der Waals surface area contributed by atoms with Gasteiger partial charge in [-0.1, -0.05) is 22.9 Å². The number of alkyl halides is 2. The summed E-state index contributed by atoms with van der Waals surface area (Å²) in [5.74, 6) is -3.96. The van der Waals surface area contributed by atoms with Gasteiger partial charge >= 0.3 is 0 Å². The van der Waals surface area contributed by atoms with E-state index in [4.69, 9.17) is 0 Å². The van der Waals surface area contributed by atoms with Gasteiger partial charge in [0.05, 0.1) is 5.56 Å². The lowest BCUT2D eigenvalue weighted by Crippen LogP contribution is -2.13. The van der Waals surface area contributed by atoms with Gasteiger partial charge in [-0.15, -0.1) is 0 Å². The number of hydrogen-bond donors (Lipinski definition) is 0. The maximum atomic E-state index is 13.1. The van der Waals surface area contributed by atoms with E-state index >= 15 is 0 Å². The quantitative estimate of drug-likeness (QED) is 0.744. The average molecular weight is 253 g/mol. The summed E-state index contributed by atoms with van der Waals surface area (Å²) < 4.78 is 39.5. The Morgan fingerprint density at radius 2 is 2.00 bits per heavy atom. The van der Waals surface area contributed by atoms with Gasteiger partial charge in [0.1, 0.15) is 5.82 Å². The fourth-order valence-corrected chi connectivity index (χ4v) is 1.33. The topological polar surface area (TPSA) is 0 Å². The molecule has 0 heterocycles. The zero-order chi connectivity index (χ0) is 10.1. The second kappa shape index (κ2) is 3.70. The molecule has 0 aliphatic carbocycles. The van der Waals surface area contributed by atoms with Gasteiger partial charge in [0.2, 0.25) is 0 Å². The average Bonchev–Trinajstić information content (AvgIpc) is 2.09. The van der Waals surface area contributed by atoms with Crippen LogP contribution in [0.1, 0.15) is 18.9 Å². The molecule has 0 nitrogen and oxygen atoms in total. The van der Waals surface area contributed by atoms with E-state index in [2.05, 4.69) is 15.9 Å². The van der Waals surface area contributed by atoms with Crippen LogP contribution in [-0.4, -0.2) is 0 Å². The third-order valence-electron chi connectivity index (χ3n) is 1.77. The van der Waals surface area contributed by atoms with Crippen molar-refractivity contribution in [2.45, 2.75) is 19.3 Å². The van der Waals surface area contributed by atoms with Crippen molar-refractivity contribution in [3.05, 3.63) is 34.1 Å². The lowest BCUT2D eigenvalue weighted by Gasteiger charge is -2.15. The maximum Gasteiger partial charge on any atom is 0.275 e. The first-order valence-electron chi connectivity index (χ1n) is 3.80. The van der Waals surface area contributed by atoms with E-state index in [1.807, 2.05) is 0 Å². The Balaban J connectivity index is 3.20. The molecule has 0 aliphatic rings. The highest BCUT2D eigenvalue weighted by Crippen LogP contribution is 2.34. The van der Waals surface area contributed by atoms with E-state index in [0.717, 1.165) is 12.1 Å². The summed E-state index contributed by atoms with van der Waals surface area (Å²) in [6.45, 7) is 1.32. The van der Waals surface area contributed by atoms with Gasteiger partial charge in [-0.25, -0.2) is 13.2 Å². The molecule has 0 unspecified atom stereocenters. The second-order valence-electron chi connectivity index (χ2n) is 2.68. The molecule has 0 fully saturated rings. The van der Waals surface area contributed by atoms with Crippen molar-refractivity contribution >= 4 is 15.9 Å². The third kappa shape index (κ3) is 2.24. The first-order chi connectivity index (χ1) is 5.97. The molecule has 72 valence electrons. The van der Waals surface area contributed by atoms with E-state index in [1.54, 1.807) is 0 Å². The smallest absolute Gasteiger partial charge is 0.206 e. The minimum atomic E-state index is -3.09. The molecule has 0 saturated carbocycles. The number of hydrogen-bond acceptors (Lipinski definition) is 0. The zero-order valence-corrected chi connectivity index (χ0v) is 8.54. The molecule has 0 spiro atoms. The molecule has 1 aromatic carbocycles. The Kier molecular flexibility index (Phi) is 3.01. The Bertz CT molecular complexity index is 310. The minimum absolute atomic E-state index is 0.402. The predicted octanol–water partition coefficient (Wildman–Crippen LogP) is 4.09. The summed E-state index contributed by atoms with van der Waals surface area (Å²) in [7, 11) is 0. The molecule has 0 aliphatic heterocycles. The lowest BCUT2D eigenvalue weighted by atomic mass is 10.1. The highest BCUT2D eigenvalue weighted by Gasteiger charge is 2.32. The summed E-state index contributed by atoms with van der Waals surface area (Å²) >= 11 is 3.02. The maximum absolute atomic E-state index is 13.1. The van der Waals surface area contributed by atoms with Crippen LogP contribution in [0.25, 0.3) is 0 Å². The fraction of sp³-hybridized carbons (Fsp3) is 0.333. The van der Waals surface area contributed by atoms with E-state index in [9.17, 15) is 13.2 Å². The van der Waals surface area contributed by atoms with Crippen LogP contribution in [0.2, 0.25) is 0 Å². The monoisotopic (exact) mass is 252 g/mol. The molecule has 1 rings (SSSR count). The van der Waals surface area contributed by atoms with Gasteiger partial charge in [0.25, 0.3) is 5.92 Å². The molecule has 0 radical (unpaired) electrons. The van der Waals surface area contributed by atoms with Gasteiger partial charge in [-0.3, -0.25) is 0 Å². The van der Waals surface area contributed by atoms with Crippen LogP contribution in [-0.2, 0) is 5.92 Å². The molecule has 13 heavy (non-hydrogen) atoms. The Morgan fingerprint density at radius 1 is 1.38 bits per heavy atom. The molecular formula is C9H8BrF3. The second-order valence-corrected chi connectivity index (χ2v) is 3.60. The predicted molar refractivity (Wildman–Crippen MR) is 48.3 cm³/mol. The van der Waals surface area contributed by atoms with Crippen molar-refractivity contribution in [2.24, 2.45) is 0 Å². The van der Waals surface area contributed by atoms with Crippen molar-refractivity contribution in [1.82, 2.24) is 0 Å². The first-order valence-corrected chi connectivity index (χ1v) is 4.60. The van der Waals surface area contributed by atoms with Crippen molar-refractivity contribution in [3.63, 3.8) is 0 Å². The molecule has 0 bridgehead atoms. The highest BCUT2D eigenvalue weighted by molar-refractivity contribution is 9.10. The van der Waals surface area contributed by atoms with Gasteiger partial charge in [-0.2, -0.15) is 0 Å². The van der Waals surface area contributed by atoms with Crippen molar-refractivity contribution in [1.29, 1.82) is 0 Å². The summed E-state index contributed by atoms with van der Waals surface area (Å²) in [5.41, 5.74) is -0.552. The van der Waals surface area contributed by atoms with E-state index in [0.29, 0.717) is 4.47 Å². The van der Waals surface area contributed by atoms with Crippen molar-refractivity contribution < 1.29 is 13.2 Å². The minimum Gasteiger partial charge on any atom is -0.206 e. The van der Waals surface area contributed by atoms with E-state index < -0.39 is 23.7 Å². The highest BCUT2D eigenvalue weighted by atomic mass is 79.9. The molecule has 0 aromatic heterocycles. The first kappa shape index (κ1) is 10.6. The van der Waals surface area contributed by atoms with Crippen LogP contribution < -0.4 is 0 Å². The lowest BCUT2D eigenvalue weighted by molar-refractivity contribution is -0.0118. The fourth-order valence-electron chi connectivity index (χ4n) is 0.968. The summed E-state index contributed by atoms with van der Waals surface area (Å²) in [5, 5.41) is 0. The standard InChI is InChI=1S/C9H8BrF3/c1-2-9(12,13)7-5-6(10)3-4-8(7)11/h3-5H,2H2,1H3. The normalized spacial score (nSPS) is 11.8. The largest absolute Gasteiger partial charge is 0.275 e. The van der Waals surface area contributed by atoms with Crippen LogP contribution in [0.4, 0.5) is 13.2 Å². The van der Waals surface area contributed by atoms with Crippen LogP contribution in [0.15, 0.2) is 22.7 Å². The van der Waals surface area contributed by atoms with Crippen LogP contribution in [0.5, 0.6) is 0 Å². The molecular weight excluding hydrogens is 245 g/mol. The Morgan fingerprint density at radius 3 is 2.54 bits per heavy atom. The van der Waals surface area contributed by atoms with Crippen LogP contribution >= 0.6 is 15.9 Å². The van der Waals surface area contributed by atoms with E-state index in [1.165, 1.54) is 13.0 Å². The zero-order valence-electron chi connectivity index (χ0n) is 6.95. The SMILES string of the molecule is CCC(F)(F)c1cc(Br)ccc1F. The number of rotatable bonds is 2. The molecule has 0 saturated heterocycles. The van der Waals surface area contributed by atoms with Gasteiger partial charge in [0.15, 0.2) is 0 Å². The summed E-state index contributed by atoms with van der Waals surface area (Å²) in [6.07, 6.45) is -0.402. The Labute approximate surface area is 82.9 Å². The van der Waals surface area contributed by atoms with Gasteiger partial charge in [0, 0.05) is 10.9 Å². The molecule has 4 heteroatoms. The summed E-state index contributed by atoms with van der Waals surface area (Å²) in [4.78, 5) is 0. The number of benzene rings is 1. The molecule has 0 atom stereocenters. The molecule has 0 N–H and O–H groups in total.